The number of fused-ring (bicyclic) bond motifs is 1. The van der Waals surface area contributed by atoms with Gasteiger partial charge in [-0.15, -0.1) is 0 Å². The monoisotopic (exact) mass is 200 g/mol. The van der Waals surface area contributed by atoms with Gasteiger partial charge in [-0.2, -0.15) is 0 Å². The van der Waals surface area contributed by atoms with Crippen molar-refractivity contribution in [3.63, 3.8) is 0 Å². The first-order chi connectivity index (χ1) is 7.20. The Balaban J connectivity index is 2.62. The molecule has 0 spiro atoms. The smallest absolute Gasteiger partial charge is 0.0726 e. The number of nitrogen functional groups attached to an aromatic ring is 1. The molecule has 0 aliphatic carbocycles. The summed E-state index contributed by atoms with van der Waals surface area (Å²) in [6, 6.07) is 8.20. The molecule has 0 aliphatic rings. The van der Waals surface area contributed by atoms with Crippen molar-refractivity contribution in [2.45, 2.75) is 26.7 Å². The number of nitrogens with two attached hydrogens (primary N) is 1. The van der Waals surface area contributed by atoms with Gasteiger partial charge in [0.1, 0.15) is 0 Å². The highest BCUT2D eigenvalue weighted by Crippen LogP contribution is 2.22. The van der Waals surface area contributed by atoms with Crippen molar-refractivity contribution >= 4 is 16.6 Å². The van der Waals surface area contributed by atoms with Crippen molar-refractivity contribution in [2.24, 2.45) is 0 Å². The van der Waals surface area contributed by atoms with Crippen LogP contribution >= 0.6 is 0 Å². The van der Waals surface area contributed by atoms with Crippen molar-refractivity contribution in [3.8, 4) is 0 Å². The minimum Gasteiger partial charge on any atom is -0.398 e. The molecular formula is C13H16N2. The lowest BCUT2D eigenvalue weighted by Crippen LogP contribution is -1.95. The largest absolute Gasteiger partial charge is 0.398 e. The first-order valence-electron chi connectivity index (χ1n) is 5.36. The van der Waals surface area contributed by atoms with E-state index in [-0.39, 0.29) is 0 Å². The van der Waals surface area contributed by atoms with Gasteiger partial charge in [0.05, 0.1) is 5.52 Å². The molecule has 1 aromatic carbocycles. The quantitative estimate of drug-likeness (QED) is 0.809. The van der Waals surface area contributed by atoms with Gasteiger partial charge >= 0.3 is 0 Å². The van der Waals surface area contributed by atoms with Gasteiger partial charge in [-0.05, 0) is 31.5 Å². The van der Waals surface area contributed by atoms with Crippen LogP contribution in [0.15, 0.2) is 24.3 Å². The molecular weight excluding hydrogens is 184 g/mol. The van der Waals surface area contributed by atoms with Crippen molar-refractivity contribution in [1.29, 1.82) is 0 Å². The predicted octanol–water partition coefficient (Wildman–Crippen LogP) is 3.08. The normalized spacial score (nSPS) is 10.8. The molecule has 0 saturated carbocycles. The fourth-order valence-corrected chi connectivity index (χ4v) is 1.81. The molecule has 0 fully saturated rings. The standard InChI is InChI=1S/C13H16N2/c1-3-4-10-8-12(14)11-7-9(2)5-6-13(11)15-10/h5-8H,3-4H2,1-2H3,(H2,14,15). The van der Waals surface area contributed by atoms with E-state index in [9.17, 15) is 0 Å². The zero-order valence-electron chi connectivity index (χ0n) is 9.25. The van der Waals surface area contributed by atoms with Crippen molar-refractivity contribution < 1.29 is 0 Å². The highest BCUT2D eigenvalue weighted by Gasteiger charge is 2.02. The summed E-state index contributed by atoms with van der Waals surface area (Å²) in [5.41, 5.74) is 10.2. The maximum absolute atomic E-state index is 6.02. The number of benzene rings is 1. The van der Waals surface area contributed by atoms with Crippen LogP contribution in [0.2, 0.25) is 0 Å². The molecule has 15 heavy (non-hydrogen) atoms. The van der Waals surface area contributed by atoms with Gasteiger partial charge in [-0.25, -0.2) is 0 Å². The van der Waals surface area contributed by atoms with Crippen molar-refractivity contribution in [2.75, 3.05) is 5.73 Å². The Morgan fingerprint density at radius 3 is 2.80 bits per heavy atom. The van der Waals surface area contributed by atoms with Crippen LogP contribution in [0.4, 0.5) is 5.69 Å². The fourth-order valence-electron chi connectivity index (χ4n) is 1.81. The minimum atomic E-state index is 0.840. The van der Waals surface area contributed by atoms with Crippen LogP contribution in [-0.2, 0) is 6.42 Å². The highest BCUT2D eigenvalue weighted by atomic mass is 14.7. The van der Waals surface area contributed by atoms with Crippen molar-refractivity contribution in [3.05, 3.63) is 35.5 Å². The summed E-state index contributed by atoms with van der Waals surface area (Å²) in [6.45, 7) is 4.22. The maximum Gasteiger partial charge on any atom is 0.0726 e. The molecule has 2 nitrogen and oxygen atoms in total. The zero-order valence-corrected chi connectivity index (χ0v) is 9.25. The molecule has 0 radical (unpaired) electrons. The lowest BCUT2D eigenvalue weighted by atomic mass is 10.1. The number of aromatic nitrogens is 1. The lowest BCUT2D eigenvalue weighted by molar-refractivity contribution is 0.890. The van der Waals surface area contributed by atoms with E-state index in [1.165, 1.54) is 5.56 Å². The van der Waals surface area contributed by atoms with E-state index < -0.39 is 0 Å². The lowest BCUT2D eigenvalue weighted by Gasteiger charge is -2.06. The molecule has 0 saturated heterocycles. The summed E-state index contributed by atoms with van der Waals surface area (Å²) in [4.78, 5) is 4.59. The van der Waals surface area contributed by atoms with Gasteiger partial charge in [0.15, 0.2) is 0 Å². The van der Waals surface area contributed by atoms with Gasteiger partial charge < -0.3 is 5.73 Å². The first-order valence-corrected chi connectivity index (χ1v) is 5.36. The third kappa shape index (κ3) is 1.94. The van der Waals surface area contributed by atoms with Crippen LogP contribution in [0.25, 0.3) is 10.9 Å². The third-order valence-electron chi connectivity index (χ3n) is 2.56. The van der Waals surface area contributed by atoms with Crippen LogP contribution in [-0.4, -0.2) is 4.98 Å². The van der Waals surface area contributed by atoms with E-state index in [4.69, 9.17) is 5.73 Å². The topological polar surface area (TPSA) is 38.9 Å². The van der Waals surface area contributed by atoms with Gasteiger partial charge in [0.25, 0.3) is 0 Å². The molecule has 2 aromatic rings. The summed E-state index contributed by atoms with van der Waals surface area (Å²) >= 11 is 0. The molecule has 0 atom stereocenters. The summed E-state index contributed by atoms with van der Waals surface area (Å²) < 4.78 is 0. The summed E-state index contributed by atoms with van der Waals surface area (Å²) in [5, 5.41) is 1.06. The molecule has 78 valence electrons. The Morgan fingerprint density at radius 2 is 2.07 bits per heavy atom. The molecule has 0 amide bonds. The number of hydrogen-bond acceptors (Lipinski definition) is 2. The number of rotatable bonds is 2. The van der Waals surface area contributed by atoms with Crippen LogP contribution in [0.1, 0.15) is 24.6 Å². The number of anilines is 1. The van der Waals surface area contributed by atoms with Gasteiger partial charge in [-0.1, -0.05) is 25.0 Å². The second kappa shape index (κ2) is 3.89. The highest BCUT2D eigenvalue weighted by molar-refractivity contribution is 5.90. The van der Waals surface area contributed by atoms with Crippen LogP contribution in [0, 0.1) is 6.92 Å². The molecule has 1 heterocycles. The fraction of sp³-hybridized carbons (Fsp3) is 0.308. The Labute approximate surface area is 90.1 Å². The number of pyridine rings is 1. The molecule has 2 N–H and O–H groups in total. The van der Waals surface area contributed by atoms with E-state index >= 15 is 0 Å². The minimum absolute atomic E-state index is 0.840. The summed E-state index contributed by atoms with van der Waals surface area (Å²) in [5.74, 6) is 0. The Morgan fingerprint density at radius 1 is 1.27 bits per heavy atom. The van der Waals surface area contributed by atoms with E-state index in [1.807, 2.05) is 12.1 Å². The molecule has 0 bridgehead atoms. The van der Waals surface area contributed by atoms with Crippen LogP contribution < -0.4 is 5.73 Å². The zero-order chi connectivity index (χ0) is 10.8. The summed E-state index contributed by atoms with van der Waals surface area (Å²) in [7, 11) is 0. The van der Waals surface area contributed by atoms with Gasteiger partial charge in [-0.3, -0.25) is 4.98 Å². The number of nitrogens with zero attached hydrogens (tertiary/aromatic N) is 1. The molecule has 2 rings (SSSR count). The van der Waals surface area contributed by atoms with E-state index in [2.05, 4.69) is 31.0 Å². The molecule has 1 aromatic heterocycles. The maximum atomic E-state index is 6.02. The third-order valence-corrected chi connectivity index (χ3v) is 2.56. The van der Waals surface area contributed by atoms with E-state index in [0.29, 0.717) is 0 Å². The van der Waals surface area contributed by atoms with Crippen LogP contribution in [0.5, 0.6) is 0 Å². The average Bonchev–Trinajstić information content (AvgIpc) is 2.20. The van der Waals surface area contributed by atoms with Gasteiger partial charge in [0.2, 0.25) is 0 Å². The molecule has 0 unspecified atom stereocenters. The second-order valence-corrected chi connectivity index (χ2v) is 3.97. The Kier molecular flexibility index (Phi) is 2.58. The first kappa shape index (κ1) is 9.97. The van der Waals surface area contributed by atoms with Gasteiger partial charge in [0, 0.05) is 16.8 Å². The predicted molar refractivity (Wildman–Crippen MR) is 64.9 cm³/mol. The molecule has 2 heteroatoms. The van der Waals surface area contributed by atoms with E-state index in [0.717, 1.165) is 35.1 Å². The van der Waals surface area contributed by atoms with Crippen molar-refractivity contribution in [1.82, 2.24) is 4.98 Å². The van der Waals surface area contributed by atoms with Crippen LogP contribution in [0.3, 0.4) is 0 Å². The summed E-state index contributed by atoms with van der Waals surface area (Å²) in [6.07, 6.45) is 2.10. The SMILES string of the molecule is CCCc1cc(N)c2cc(C)ccc2n1. The Hall–Kier alpha value is -1.57. The van der Waals surface area contributed by atoms with E-state index in [1.54, 1.807) is 0 Å². The molecule has 0 aliphatic heterocycles. The number of aryl methyl sites for hydroxylation is 2. The average molecular weight is 200 g/mol. The number of hydrogen-bond donors (Lipinski definition) is 1. The Bertz CT molecular complexity index is 489. The second-order valence-electron chi connectivity index (χ2n) is 3.97.